The highest BCUT2D eigenvalue weighted by atomic mass is 35.5. The lowest BCUT2D eigenvalue weighted by molar-refractivity contribution is 0.556. The lowest BCUT2D eigenvalue weighted by Crippen LogP contribution is -2.20. The van der Waals surface area contributed by atoms with E-state index in [0.717, 1.165) is 10.7 Å². The molecule has 1 aromatic heterocycles. The SMILES string of the molecule is CNC(c1nc(C(C)(C)C)cs1)c1cccc(Cl)c1F. The van der Waals surface area contributed by atoms with Crippen molar-refractivity contribution in [1.82, 2.24) is 10.3 Å². The van der Waals surface area contributed by atoms with Crippen LogP contribution in [0.1, 0.15) is 43.1 Å². The predicted octanol–water partition coefficient (Wildman–Crippen LogP) is 4.54. The minimum Gasteiger partial charge on any atom is -0.307 e. The van der Waals surface area contributed by atoms with Crippen molar-refractivity contribution in [2.45, 2.75) is 32.2 Å². The second-order valence-electron chi connectivity index (χ2n) is 5.69. The van der Waals surface area contributed by atoms with Gasteiger partial charge in [-0.15, -0.1) is 11.3 Å². The number of nitrogens with zero attached hydrogens (tertiary/aromatic N) is 1. The molecule has 0 saturated carbocycles. The Balaban J connectivity index is 2.43. The van der Waals surface area contributed by atoms with Crippen molar-refractivity contribution in [1.29, 1.82) is 0 Å². The van der Waals surface area contributed by atoms with Gasteiger partial charge in [-0.25, -0.2) is 9.37 Å². The molecule has 0 amide bonds. The first-order valence-corrected chi connectivity index (χ1v) is 7.67. The Bertz CT molecular complexity index is 604. The van der Waals surface area contributed by atoms with E-state index in [2.05, 4.69) is 31.1 Å². The van der Waals surface area contributed by atoms with Gasteiger partial charge in [0.15, 0.2) is 0 Å². The van der Waals surface area contributed by atoms with Gasteiger partial charge in [0.1, 0.15) is 10.8 Å². The average Bonchev–Trinajstić information content (AvgIpc) is 2.85. The van der Waals surface area contributed by atoms with Crippen LogP contribution in [0.4, 0.5) is 4.39 Å². The molecule has 0 spiro atoms. The van der Waals surface area contributed by atoms with E-state index in [1.807, 2.05) is 5.38 Å². The molecule has 2 rings (SSSR count). The van der Waals surface area contributed by atoms with E-state index in [9.17, 15) is 4.39 Å². The Kier molecular flexibility index (Phi) is 4.47. The summed E-state index contributed by atoms with van der Waals surface area (Å²) in [6.07, 6.45) is 0. The van der Waals surface area contributed by atoms with E-state index in [0.29, 0.717) is 5.56 Å². The zero-order valence-electron chi connectivity index (χ0n) is 12.0. The van der Waals surface area contributed by atoms with Crippen LogP contribution in [-0.2, 0) is 5.41 Å². The maximum absolute atomic E-state index is 14.2. The molecule has 1 unspecified atom stereocenters. The van der Waals surface area contributed by atoms with Crippen LogP contribution in [0.15, 0.2) is 23.6 Å². The van der Waals surface area contributed by atoms with Crippen LogP contribution in [0.3, 0.4) is 0 Å². The largest absolute Gasteiger partial charge is 0.307 e. The van der Waals surface area contributed by atoms with Crippen LogP contribution >= 0.6 is 22.9 Å². The monoisotopic (exact) mass is 312 g/mol. The second-order valence-corrected chi connectivity index (χ2v) is 6.98. The van der Waals surface area contributed by atoms with E-state index >= 15 is 0 Å². The molecule has 0 aliphatic heterocycles. The van der Waals surface area contributed by atoms with Gasteiger partial charge in [-0.2, -0.15) is 0 Å². The topological polar surface area (TPSA) is 24.9 Å². The normalized spacial score (nSPS) is 13.5. The highest BCUT2D eigenvalue weighted by molar-refractivity contribution is 7.09. The lowest BCUT2D eigenvalue weighted by Gasteiger charge is -2.17. The molecule has 2 nitrogen and oxygen atoms in total. The molecule has 1 heterocycles. The third kappa shape index (κ3) is 3.03. The fourth-order valence-electron chi connectivity index (χ4n) is 1.92. The van der Waals surface area contributed by atoms with Gasteiger partial charge in [-0.3, -0.25) is 0 Å². The van der Waals surface area contributed by atoms with Gasteiger partial charge in [0.05, 0.1) is 16.8 Å². The first kappa shape index (κ1) is 15.4. The van der Waals surface area contributed by atoms with Crippen LogP contribution in [0, 0.1) is 5.82 Å². The number of hydrogen-bond donors (Lipinski definition) is 1. The minimum absolute atomic E-state index is 0.0140. The molecule has 1 aromatic carbocycles. The number of nitrogens with one attached hydrogen (secondary N) is 1. The number of rotatable bonds is 3. The third-order valence-corrected chi connectivity index (χ3v) is 4.32. The Morgan fingerprint density at radius 2 is 2.05 bits per heavy atom. The molecule has 2 aromatic rings. The molecule has 0 bridgehead atoms. The molecule has 0 saturated heterocycles. The summed E-state index contributed by atoms with van der Waals surface area (Å²) in [5, 5.41) is 6.13. The van der Waals surface area contributed by atoms with Crippen LogP contribution in [-0.4, -0.2) is 12.0 Å². The molecule has 108 valence electrons. The van der Waals surface area contributed by atoms with Gasteiger partial charge in [0.2, 0.25) is 0 Å². The van der Waals surface area contributed by atoms with Gasteiger partial charge in [0.25, 0.3) is 0 Å². The Labute approximate surface area is 128 Å². The second kappa shape index (κ2) is 5.80. The smallest absolute Gasteiger partial charge is 0.146 e. The minimum atomic E-state index is -0.388. The Morgan fingerprint density at radius 1 is 1.35 bits per heavy atom. The standard InChI is InChI=1S/C15H18ClFN2S/c1-15(2,3)11-8-20-14(19-11)13(18-4)9-6-5-7-10(16)12(9)17/h5-8,13,18H,1-4H3. The summed E-state index contributed by atoms with van der Waals surface area (Å²) < 4.78 is 14.2. The van der Waals surface area contributed by atoms with E-state index in [4.69, 9.17) is 11.6 Å². The molecule has 0 radical (unpaired) electrons. The van der Waals surface area contributed by atoms with Gasteiger partial charge in [0, 0.05) is 16.4 Å². The molecular formula is C15H18ClFN2S. The van der Waals surface area contributed by atoms with Crippen LogP contribution in [0.2, 0.25) is 5.02 Å². The van der Waals surface area contributed by atoms with Crippen molar-refractivity contribution in [3.05, 3.63) is 50.7 Å². The summed E-state index contributed by atoms with van der Waals surface area (Å²) in [7, 11) is 1.79. The summed E-state index contributed by atoms with van der Waals surface area (Å²) in [6.45, 7) is 6.33. The summed E-state index contributed by atoms with van der Waals surface area (Å²) in [5.41, 5.74) is 1.52. The number of benzene rings is 1. The van der Waals surface area contributed by atoms with Crippen molar-refractivity contribution >= 4 is 22.9 Å². The van der Waals surface area contributed by atoms with E-state index < -0.39 is 0 Å². The van der Waals surface area contributed by atoms with Crippen molar-refractivity contribution in [3.63, 3.8) is 0 Å². The summed E-state index contributed by atoms with van der Waals surface area (Å²) in [4.78, 5) is 4.65. The number of hydrogen-bond acceptors (Lipinski definition) is 3. The summed E-state index contributed by atoms with van der Waals surface area (Å²) >= 11 is 7.40. The molecule has 1 N–H and O–H groups in total. The molecule has 0 aliphatic rings. The fourth-order valence-corrected chi connectivity index (χ4v) is 3.27. The first-order chi connectivity index (χ1) is 9.34. The van der Waals surface area contributed by atoms with Crippen molar-refractivity contribution in [2.75, 3.05) is 7.05 Å². The molecule has 1 atom stereocenters. The molecule has 5 heteroatoms. The Hall–Kier alpha value is -0.970. The van der Waals surface area contributed by atoms with Crippen molar-refractivity contribution < 1.29 is 4.39 Å². The number of aromatic nitrogens is 1. The van der Waals surface area contributed by atoms with Crippen LogP contribution in [0.5, 0.6) is 0 Å². The van der Waals surface area contributed by atoms with Crippen LogP contribution < -0.4 is 5.32 Å². The predicted molar refractivity (Wildman–Crippen MR) is 83.1 cm³/mol. The fraction of sp³-hybridized carbons (Fsp3) is 0.400. The zero-order chi connectivity index (χ0) is 14.9. The molecular weight excluding hydrogens is 295 g/mol. The maximum Gasteiger partial charge on any atom is 0.146 e. The lowest BCUT2D eigenvalue weighted by atomic mass is 9.93. The van der Waals surface area contributed by atoms with Gasteiger partial charge in [-0.1, -0.05) is 44.5 Å². The van der Waals surface area contributed by atoms with E-state index in [1.165, 1.54) is 11.3 Å². The van der Waals surface area contributed by atoms with E-state index in [1.54, 1.807) is 25.2 Å². The Morgan fingerprint density at radius 3 is 2.60 bits per heavy atom. The zero-order valence-corrected chi connectivity index (χ0v) is 13.6. The van der Waals surface area contributed by atoms with Gasteiger partial charge >= 0.3 is 0 Å². The van der Waals surface area contributed by atoms with Crippen molar-refractivity contribution in [3.8, 4) is 0 Å². The number of halogens is 2. The van der Waals surface area contributed by atoms with Gasteiger partial charge < -0.3 is 5.32 Å². The third-order valence-electron chi connectivity index (χ3n) is 3.12. The van der Waals surface area contributed by atoms with E-state index in [-0.39, 0.29) is 22.3 Å². The molecule has 0 aliphatic carbocycles. The van der Waals surface area contributed by atoms with Crippen LogP contribution in [0.25, 0.3) is 0 Å². The highest BCUT2D eigenvalue weighted by Crippen LogP contribution is 2.32. The summed E-state index contributed by atoms with van der Waals surface area (Å²) in [6, 6.07) is 4.76. The first-order valence-electron chi connectivity index (χ1n) is 6.41. The molecule has 20 heavy (non-hydrogen) atoms. The highest BCUT2D eigenvalue weighted by Gasteiger charge is 2.24. The summed E-state index contributed by atoms with van der Waals surface area (Å²) in [5.74, 6) is -0.388. The maximum atomic E-state index is 14.2. The average molecular weight is 313 g/mol. The van der Waals surface area contributed by atoms with Crippen molar-refractivity contribution in [2.24, 2.45) is 0 Å². The molecule has 0 fully saturated rings. The van der Waals surface area contributed by atoms with Gasteiger partial charge in [-0.05, 0) is 13.1 Å². The number of thiazole rings is 1. The quantitative estimate of drug-likeness (QED) is 0.900.